The zero-order valence-corrected chi connectivity index (χ0v) is 31.3. The molecule has 0 aromatic carbocycles. The predicted molar refractivity (Wildman–Crippen MR) is 212 cm³/mol. The summed E-state index contributed by atoms with van der Waals surface area (Å²) in [6.07, 6.45) is 21.8. The van der Waals surface area contributed by atoms with Gasteiger partial charge in [0.2, 0.25) is 0 Å². The molecule has 2 aliphatic rings. The summed E-state index contributed by atoms with van der Waals surface area (Å²) in [7, 11) is 0. The Labute approximate surface area is 307 Å². The van der Waals surface area contributed by atoms with E-state index in [1.807, 2.05) is 48.6 Å². The Morgan fingerprint density at radius 1 is 0.442 bits per heavy atom. The second-order valence-electron chi connectivity index (χ2n) is 14.2. The van der Waals surface area contributed by atoms with Crippen LogP contribution in [0.4, 0.5) is 0 Å². The van der Waals surface area contributed by atoms with Gasteiger partial charge < -0.3 is 29.1 Å². The molecule has 8 heteroatoms. The number of aromatic nitrogens is 4. The Morgan fingerprint density at radius 3 is 1.02 bits per heavy atom. The van der Waals surface area contributed by atoms with Crippen LogP contribution in [0.1, 0.15) is 173 Å². The molecular formula is C44H54N4O4. The molecule has 8 bridgehead atoms. The fraction of sp³-hybridized carbons (Fsp3) is 0.455. The van der Waals surface area contributed by atoms with E-state index < -0.39 is 17.8 Å². The fourth-order valence-corrected chi connectivity index (χ4v) is 7.67. The third kappa shape index (κ3) is 8.32. The lowest BCUT2D eigenvalue weighted by molar-refractivity contribution is -0.110. The Bertz CT molecular complexity index is 1850. The van der Waals surface area contributed by atoms with E-state index in [-0.39, 0.29) is 5.92 Å². The van der Waals surface area contributed by atoms with Crippen LogP contribution in [0.5, 0.6) is 0 Å². The Kier molecular flexibility index (Phi) is 13.8. The number of aromatic amines is 2. The summed E-state index contributed by atoms with van der Waals surface area (Å²) in [5, 5.41) is 0. The van der Waals surface area contributed by atoms with Crippen molar-refractivity contribution < 1.29 is 19.2 Å². The molecule has 0 amide bonds. The van der Waals surface area contributed by atoms with Gasteiger partial charge in [-0.1, -0.05) is 79.1 Å². The lowest BCUT2D eigenvalue weighted by Gasteiger charge is -2.14. The number of nitrogens with one attached hydrogen (secondary N) is 2. The largest absolute Gasteiger partial charge is 0.355 e. The van der Waals surface area contributed by atoms with E-state index in [1.165, 1.54) is 0 Å². The van der Waals surface area contributed by atoms with Gasteiger partial charge >= 0.3 is 0 Å². The van der Waals surface area contributed by atoms with Crippen LogP contribution < -0.4 is 0 Å². The molecule has 4 atom stereocenters. The lowest BCUT2D eigenvalue weighted by atomic mass is 9.92. The van der Waals surface area contributed by atoms with Crippen LogP contribution >= 0.6 is 0 Å². The quantitative estimate of drug-likeness (QED) is 0.0778. The zero-order valence-electron chi connectivity index (χ0n) is 31.3. The van der Waals surface area contributed by atoms with Gasteiger partial charge in [-0.05, 0) is 74.3 Å². The van der Waals surface area contributed by atoms with E-state index in [4.69, 9.17) is 9.97 Å². The maximum atomic E-state index is 12.8. The predicted octanol–water partition coefficient (Wildman–Crippen LogP) is 10.5. The normalized spacial score (nSPS) is 14.5. The highest BCUT2D eigenvalue weighted by Crippen LogP contribution is 2.37. The average molecular weight is 703 g/mol. The van der Waals surface area contributed by atoms with E-state index in [9.17, 15) is 19.2 Å². The number of nitrogens with zero attached hydrogens (tertiary/aromatic N) is 2. The first-order valence-corrected chi connectivity index (χ1v) is 19.4. The molecule has 0 fully saturated rings. The van der Waals surface area contributed by atoms with Crippen LogP contribution in [0.3, 0.4) is 0 Å². The summed E-state index contributed by atoms with van der Waals surface area (Å²) in [4.78, 5) is 68.9. The second kappa shape index (κ2) is 18.7. The highest BCUT2D eigenvalue weighted by Gasteiger charge is 2.26. The number of H-pyrrole nitrogens is 2. The summed E-state index contributed by atoms with van der Waals surface area (Å²) in [5.74, 6) is -1.65. The minimum Gasteiger partial charge on any atom is -0.355 e. The smallest absolute Gasteiger partial charge is 0.127 e. The molecule has 8 nitrogen and oxygen atoms in total. The highest BCUT2D eigenvalue weighted by atomic mass is 16.1. The standard InChI is InChI=1S/C44H54N4O4/c1-5-9-13-29(25-49)41-33-17-19-35(45-33)42(30(26-50)14-10-6-2)37-21-23-39(47-37)44(32(28-52)16-12-8-4)40-24-22-38(48-40)43(31(27-51)15-11-7-3)36-20-18-34(41)46-36/h17-32,45-46H,5-16H2,1-4H3. The first kappa shape index (κ1) is 38.5. The van der Waals surface area contributed by atoms with Crippen LogP contribution in [-0.2, 0) is 19.2 Å². The summed E-state index contributed by atoms with van der Waals surface area (Å²) in [6, 6.07) is 7.96. The first-order chi connectivity index (χ1) is 25.5. The van der Waals surface area contributed by atoms with Crippen molar-refractivity contribution >= 4 is 71.5 Å². The van der Waals surface area contributed by atoms with E-state index >= 15 is 0 Å². The first-order valence-electron chi connectivity index (χ1n) is 19.4. The highest BCUT2D eigenvalue weighted by molar-refractivity contribution is 5.88. The number of unbranched alkanes of at least 4 members (excludes halogenated alkanes) is 4. The van der Waals surface area contributed by atoms with Gasteiger partial charge in [-0.25, -0.2) is 9.97 Å². The third-order valence-electron chi connectivity index (χ3n) is 10.5. The van der Waals surface area contributed by atoms with Gasteiger partial charge in [0.05, 0.1) is 22.8 Å². The summed E-state index contributed by atoms with van der Waals surface area (Å²) in [6.45, 7) is 8.45. The van der Waals surface area contributed by atoms with Crippen molar-refractivity contribution in [3.63, 3.8) is 0 Å². The van der Waals surface area contributed by atoms with Crippen molar-refractivity contribution in [1.82, 2.24) is 19.9 Å². The fourth-order valence-electron chi connectivity index (χ4n) is 7.67. The van der Waals surface area contributed by atoms with E-state index in [0.717, 1.165) is 121 Å². The topological polar surface area (TPSA) is 126 Å². The Morgan fingerprint density at radius 2 is 0.712 bits per heavy atom. The number of hydrogen-bond acceptors (Lipinski definition) is 6. The van der Waals surface area contributed by atoms with Crippen LogP contribution in [0.25, 0.3) is 46.4 Å². The molecule has 52 heavy (non-hydrogen) atoms. The third-order valence-corrected chi connectivity index (χ3v) is 10.5. The van der Waals surface area contributed by atoms with Crippen molar-refractivity contribution in [3.05, 3.63) is 69.3 Å². The van der Waals surface area contributed by atoms with Crippen LogP contribution in [-0.4, -0.2) is 45.1 Å². The van der Waals surface area contributed by atoms with E-state index in [0.29, 0.717) is 48.5 Å². The minimum absolute atomic E-state index is 0.388. The van der Waals surface area contributed by atoms with Crippen molar-refractivity contribution in [3.8, 4) is 0 Å². The SMILES string of the molecule is CCCCC(C=O)c1c2nc(c(C(C=O)CCCC)c3ccc([nH]3)c(C(C=O)CCCC)c3ccc([nH]3)c(C(C=O)CCCC)c3nc1C=C3)C=C2. The Balaban J connectivity index is 2.00. The molecule has 5 rings (SSSR count). The van der Waals surface area contributed by atoms with Gasteiger partial charge in [0.1, 0.15) is 25.1 Å². The van der Waals surface area contributed by atoms with E-state index in [2.05, 4.69) is 37.7 Å². The maximum absolute atomic E-state index is 12.8. The van der Waals surface area contributed by atoms with Gasteiger partial charge in [0.25, 0.3) is 0 Å². The molecule has 2 aliphatic heterocycles. The molecule has 5 heterocycles. The Hall–Kier alpha value is -4.72. The van der Waals surface area contributed by atoms with E-state index in [1.54, 1.807) is 0 Å². The number of aldehydes is 4. The number of carbonyl (C=O) groups is 4. The molecule has 0 radical (unpaired) electrons. The molecule has 2 N–H and O–H groups in total. The van der Waals surface area contributed by atoms with Gasteiger partial charge in [0, 0.05) is 68.0 Å². The maximum Gasteiger partial charge on any atom is 0.127 e. The number of rotatable bonds is 20. The molecule has 274 valence electrons. The van der Waals surface area contributed by atoms with Crippen molar-refractivity contribution in [1.29, 1.82) is 0 Å². The molecule has 0 saturated heterocycles. The number of fused-ring (bicyclic) bond motifs is 8. The second-order valence-corrected chi connectivity index (χ2v) is 14.2. The van der Waals surface area contributed by atoms with Gasteiger partial charge in [0.15, 0.2) is 0 Å². The monoisotopic (exact) mass is 702 g/mol. The number of hydrogen-bond donors (Lipinski definition) is 2. The van der Waals surface area contributed by atoms with Crippen LogP contribution in [0.2, 0.25) is 0 Å². The van der Waals surface area contributed by atoms with Gasteiger partial charge in [-0.15, -0.1) is 0 Å². The van der Waals surface area contributed by atoms with Crippen LogP contribution in [0.15, 0.2) is 24.3 Å². The average Bonchev–Trinajstić information content (AvgIpc) is 4.00. The molecule has 4 unspecified atom stereocenters. The molecule has 3 aromatic heterocycles. The number of carbonyl (C=O) groups excluding carboxylic acids is 4. The van der Waals surface area contributed by atoms with Crippen molar-refractivity contribution in [2.24, 2.45) is 0 Å². The summed E-state index contributed by atoms with van der Waals surface area (Å²) >= 11 is 0. The molecular weight excluding hydrogens is 649 g/mol. The van der Waals surface area contributed by atoms with Gasteiger partial charge in [-0.2, -0.15) is 0 Å². The lowest BCUT2D eigenvalue weighted by Crippen LogP contribution is -2.07. The molecule has 3 aromatic rings. The summed E-state index contributed by atoms with van der Waals surface area (Å²) in [5.41, 5.74) is 8.93. The zero-order chi connectivity index (χ0) is 37.0. The minimum atomic E-state index is -0.435. The van der Waals surface area contributed by atoms with Crippen molar-refractivity contribution in [2.45, 2.75) is 128 Å². The molecule has 0 spiro atoms. The van der Waals surface area contributed by atoms with Crippen LogP contribution in [0, 0.1) is 0 Å². The molecule has 0 saturated carbocycles. The summed E-state index contributed by atoms with van der Waals surface area (Å²) < 4.78 is 0. The van der Waals surface area contributed by atoms with Crippen molar-refractivity contribution in [2.75, 3.05) is 0 Å². The molecule has 0 aliphatic carbocycles. The van der Waals surface area contributed by atoms with Gasteiger partial charge in [-0.3, -0.25) is 0 Å².